The van der Waals surface area contributed by atoms with Crippen molar-refractivity contribution in [1.29, 1.82) is 0 Å². The first-order valence-electron chi connectivity index (χ1n) is 23.1. The Labute approximate surface area is 391 Å². The first-order valence-corrected chi connectivity index (χ1v) is 23.1. The molecule has 320 valence electrons. The molecule has 7 heteroatoms. The Hall–Kier alpha value is -8.94. The van der Waals surface area contributed by atoms with Crippen LogP contribution in [0.15, 0.2) is 211 Å². The molecule has 13 aromatic rings. The number of oxazole rings is 1. The van der Waals surface area contributed by atoms with Gasteiger partial charge in [-0.3, -0.25) is 0 Å². The lowest BCUT2D eigenvalue weighted by Crippen LogP contribution is -2.15. The van der Waals surface area contributed by atoms with Crippen molar-refractivity contribution < 1.29 is 4.42 Å². The lowest BCUT2D eigenvalue weighted by molar-refractivity contribution is 0.620. The molecule has 0 radical (unpaired) electrons. The van der Waals surface area contributed by atoms with Crippen LogP contribution < -0.4 is 0 Å². The van der Waals surface area contributed by atoms with E-state index in [9.17, 15) is 0 Å². The molecule has 1 aliphatic rings. The van der Waals surface area contributed by atoms with Gasteiger partial charge in [0.15, 0.2) is 23.1 Å². The first kappa shape index (κ1) is 38.3. The van der Waals surface area contributed by atoms with Gasteiger partial charge < -0.3 is 13.6 Å². The predicted octanol–water partition coefficient (Wildman–Crippen LogP) is 15.2. The summed E-state index contributed by atoms with van der Waals surface area (Å²) < 4.78 is 11.4. The molecule has 0 saturated carbocycles. The highest BCUT2D eigenvalue weighted by molar-refractivity contribution is 6.23. The molecule has 0 amide bonds. The molecule has 0 fully saturated rings. The van der Waals surface area contributed by atoms with Crippen LogP contribution in [0.5, 0.6) is 0 Å². The van der Waals surface area contributed by atoms with Crippen molar-refractivity contribution >= 4 is 54.7 Å². The Morgan fingerprint density at radius 2 is 0.926 bits per heavy atom. The summed E-state index contributed by atoms with van der Waals surface area (Å²) in [6.45, 7) is 4.68. The van der Waals surface area contributed by atoms with Gasteiger partial charge in [-0.25, -0.2) is 19.9 Å². The van der Waals surface area contributed by atoms with E-state index >= 15 is 0 Å². The summed E-state index contributed by atoms with van der Waals surface area (Å²) >= 11 is 0. The van der Waals surface area contributed by atoms with Gasteiger partial charge in [-0.2, -0.15) is 0 Å². The molecule has 0 spiro atoms. The van der Waals surface area contributed by atoms with Gasteiger partial charge in [-0.05, 0) is 89.0 Å². The van der Waals surface area contributed by atoms with Crippen LogP contribution in [0.3, 0.4) is 0 Å². The third kappa shape index (κ3) is 5.66. The summed E-state index contributed by atoms with van der Waals surface area (Å²) in [7, 11) is 0. The molecule has 1 aliphatic carbocycles. The van der Waals surface area contributed by atoms with E-state index < -0.39 is 0 Å². The molecule has 4 aromatic heterocycles. The van der Waals surface area contributed by atoms with E-state index in [1.165, 1.54) is 65.9 Å². The quantitative estimate of drug-likeness (QED) is 0.166. The van der Waals surface area contributed by atoms with Crippen molar-refractivity contribution in [3.05, 3.63) is 217 Å². The second-order valence-corrected chi connectivity index (χ2v) is 18.2. The van der Waals surface area contributed by atoms with Crippen molar-refractivity contribution in [3.63, 3.8) is 0 Å². The number of aromatic nitrogens is 6. The molecule has 14 rings (SSSR count). The third-order valence-electron chi connectivity index (χ3n) is 14.0. The van der Waals surface area contributed by atoms with Gasteiger partial charge in [0.2, 0.25) is 5.89 Å². The van der Waals surface area contributed by atoms with Gasteiger partial charge in [0.25, 0.3) is 0 Å². The summed E-state index contributed by atoms with van der Waals surface area (Å²) in [5.41, 5.74) is 16.5. The molecule has 4 heterocycles. The van der Waals surface area contributed by atoms with Gasteiger partial charge >= 0.3 is 0 Å². The number of rotatable bonds is 6. The van der Waals surface area contributed by atoms with Gasteiger partial charge in [-0.15, -0.1) is 0 Å². The van der Waals surface area contributed by atoms with Crippen LogP contribution in [0.1, 0.15) is 25.0 Å². The molecule has 68 heavy (non-hydrogen) atoms. The molecule has 7 nitrogen and oxygen atoms in total. The fourth-order valence-corrected chi connectivity index (χ4v) is 10.8. The van der Waals surface area contributed by atoms with E-state index in [1.807, 2.05) is 78.9 Å². The Bertz CT molecular complexity index is 4170. The molecular weight excluding hydrogens is 833 g/mol. The number of hydrogen-bond acceptors (Lipinski definition) is 5. The van der Waals surface area contributed by atoms with Crippen molar-refractivity contribution in [1.82, 2.24) is 29.1 Å². The highest BCUT2D eigenvalue weighted by Crippen LogP contribution is 2.51. The highest BCUT2D eigenvalue weighted by atomic mass is 16.3. The molecule has 9 aromatic carbocycles. The average Bonchev–Trinajstić information content (AvgIpc) is 4.14. The van der Waals surface area contributed by atoms with Crippen molar-refractivity contribution in [2.24, 2.45) is 0 Å². The van der Waals surface area contributed by atoms with Gasteiger partial charge in [0.1, 0.15) is 5.52 Å². The fourth-order valence-electron chi connectivity index (χ4n) is 10.8. The summed E-state index contributed by atoms with van der Waals surface area (Å²) in [6.07, 6.45) is 0. The summed E-state index contributed by atoms with van der Waals surface area (Å²) in [6, 6.07) is 72.7. The number of para-hydroxylation sites is 4. The molecule has 0 atom stereocenters. The Kier molecular flexibility index (Phi) is 8.19. The zero-order chi connectivity index (χ0) is 45.1. The van der Waals surface area contributed by atoms with Crippen LogP contribution >= 0.6 is 0 Å². The molecule has 0 aliphatic heterocycles. The summed E-state index contributed by atoms with van der Waals surface area (Å²) in [5.74, 6) is 2.25. The summed E-state index contributed by atoms with van der Waals surface area (Å²) in [4.78, 5) is 20.3. The van der Waals surface area contributed by atoms with Crippen LogP contribution in [0.4, 0.5) is 0 Å². The van der Waals surface area contributed by atoms with Gasteiger partial charge in [0, 0.05) is 55.0 Å². The maximum Gasteiger partial charge on any atom is 0.227 e. The number of hydrogen-bond donors (Lipinski definition) is 0. The predicted molar refractivity (Wildman–Crippen MR) is 275 cm³/mol. The Morgan fingerprint density at radius 1 is 0.382 bits per heavy atom. The Balaban J connectivity index is 0.929. The minimum atomic E-state index is -0.346. The van der Waals surface area contributed by atoms with Crippen LogP contribution in [0.2, 0.25) is 0 Å². The zero-order valence-corrected chi connectivity index (χ0v) is 37.2. The van der Waals surface area contributed by atoms with Crippen LogP contribution in [-0.4, -0.2) is 29.1 Å². The monoisotopic (exact) mass is 872 g/mol. The lowest BCUT2D eigenvalue weighted by Gasteiger charge is -2.23. The molecular formula is C61H40N6O. The zero-order valence-electron chi connectivity index (χ0n) is 37.2. The molecule has 0 bridgehead atoms. The maximum absolute atomic E-state index is 6.48. The topological polar surface area (TPSA) is 74.6 Å². The molecule has 0 unspecified atom stereocenters. The fraction of sp³-hybridized carbons (Fsp3) is 0.0492. The van der Waals surface area contributed by atoms with Crippen LogP contribution in [0, 0.1) is 0 Å². The number of nitrogens with zero attached hydrogens (tertiary/aromatic N) is 6. The van der Waals surface area contributed by atoms with Crippen LogP contribution in [0.25, 0.3) is 123 Å². The van der Waals surface area contributed by atoms with Crippen LogP contribution in [-0.2, 0) is 5.41 Å². The minimum absolute atomic E-state index is 0.346. The number of benzene rings is 9. The lowest BCUT2D eigenvalue weighted by atomic mass is 9.81. The maximum atomic E-state index is 6.48. The largest absolute Gasteiger partial charge is 0.435 e. The van der Waals surface area contributed by atoms with E-state index in [1.54, 1.807) is 0 Å². The third-order valence-corrected chi connectivity index (χ3v) is 14.0. The second kappa shape index (κ2) is 14.5. The minimum Gasteiger partial charge on any atom is -0.435 e. The van der Waals surface area contributed by atoms with E-state index in [0.717, 1.165) is 39.1 Å². The normalized spacial score (nSPS) is 13.0. The van der Waals surface area contributed by atoms with Crippen molar-refractivity contribution in [2.75, 3.05) is 0 Å². The SMILES string of the molecule is CC1(C)c2cc(-c3nc(-c4ccccc4)nc(-c4cccc5nc(-c6ccccc6)oc45)n3)ccc2-c2ccc(-n3c4ccccc4c4ccc5c6ccccc6n(-c6ccccc6)c5c43)cc21. The molecule has 0 N–H and O–H groups in total. The van der Waals surface area contributed by atoms with Gasteiger partial charge in [0.05, 0.1) is 27.6 Å². The van der Waals surface area contributed by atoms with E-state index in [2.05, 4.69) is 150 Å². The number of fused-ring (bicyclic) bond motifs is 11. The summed E-state index contributed by atoms with van der Waals surface area (Å²) in [5, 5.41) is 4.92. The smallest absolute Gasteiger partial charge is 0.227 e. The van der Waals surface area contributed by atoms with E-state index in [4.69, 9.17) is 24.4 Å². The average molecular weight is 873 g/mol. The molecule has 0 saturated heterocycles. The van der Waals surface area contributed by atoms with E-state index in [-0.39, 0.29) is 5.41 Å². The first-order chi connectivity index (χ1) is 33.5. The second-order valence-electron chi connectivity index (χ2n) is 18.2. The van der Waals surface area contributed by atoms with E-state index in [0.29, 0.717) is 28.9 Å². The van der Waals surface area contributed by atoms with Gasteiger partial charge in [-0.1, -0.05) is 153 Å². The standard InChI is InChI=1S/C61H40N6O/c1-61(2)49-35-39(58-63-57(37-17-6-3-7-18-37)64-59(65-58)48-25-16-26-51-56(48)68-60(62-51)38-19-8-4-9-20-38)29-31-42(49)43-32-30-41(36-50(43)61)67-53-28-15-13-24-45(53)47-34-33-46-44-23-12-14-27-52(44)66(54(46)55(47)67)40-21-10-5-11-22-40/h3-36H,1-2H3. The van der Waals surface area contributed by atoms with Crippen molar-refractivity contribution in [3.8, 4) is 68.1 Å². The highest BCUT2D eigenvalue weighted by Gasteiger charge is 2.37. The van der Waals surface area contributed by atoms with Crippen molar-refractivity contribution in [2.45, 2.75) is 19.3 Å². The Morgan fingerprint density at radius 3 is 1.60 bits per heavy atom.